The van der Waals surface area contributed by atoms with E-state index in [4.69, 9.17) is 0 Å². The lowest BCUT2D eigenvalue weighted by molar-refractivity contribution is 0.159. The highest BCUT2D eigenvalue weighted by atomic mass is 19.1. The molecule has 0 aromatic rings. The van der Waals surface area contributed by atoms with Crippen molar-refractivity contribution in [3.05, 3.63) is 0 Å². The summed E-state index contributed by atoms with van der Waals surface area (Å²) in [6.07, 6.45) is 5.05. The summed E-state index contributed by atoms with van der Waals surface area (Å²) in [6, 6.07) is 0.573. The zero-order valence-corrected chi connectivity index (χ0v) is 9.78. The van der Waals surface area contributed by atoms with Gasteiger partial charge in [0.25, 0.3) is 0 Å². The zero-order chi connectivity index (χ0) is 10.6. The third kappa shape index (κ3) is 3.56. The van der Waals surface area contributed by atoms with Crippen LogP contribution in [0.5, 0.6) is 0 Å². The Labute approximate surface area is 87.5 Å². The molecule has 0 aromatic carbocycles. The third-order valence-electron chi connectivity index (χ3n) is 3.48. The Bertz CT molecular complexity index is 154. The minimum Gasteiger partial charge on any atom is -0.311 e. The molecule has 0 spiro atoms. The molecule has 2 heteroatoms. The van der Waals surface area contributed by atoms with Gasteiger partial charge in [0.05, 0.1) is 0 Å². The molecule has 84 valence electrons. The van der Waals surface area contributed by atoms with E-state index in [0.717, 1.165) is 5.92 Å². The maximum Gasteiger partial charge on any atom is 0.102 e. The van der Waals surface area contributed by atoms with Crippen molar-refractivity contribution in [1.29, 1.82) is 0 Å². The summed E-state index contributed by atoms with van der Waals surface area (Å²) in [6.45, 7) is 7.27. The Morgan fingerprint density at radius 1 is 1.14 bits per heavy atom. The van der Waals surface area contributed by atoms with E-state index in [2.05, 4.69) is 26.1 Å². The van der Waals surface area contributed by atoms with Crippen molar-refractivity contribution in [3.8, 4) is 0 Å². The van der Waals surface area contributed by atoms with Crippen molar-refractivity contribution in [2.75, 3.05) is 13.2 Å². The minimum atomic E-state index is -0.237. The van der Waals surface area contributed by atoms with Crippen molar-refractivity contribution in [2.45, 2.75) is 52.5 Å². The average Bonchev–Trinajstić information content (AvgIpc) is 2.14. The van der Waals surface area contributed by atoms with Crippen LogP contribution in [0.15, 0.2) is 0 Å². The van der Waals surface area contributed by atoms with E-state index in [-0.39, 0.29) is 6.67 Å². The summed E-state index contributed by atoms with van der Waals surface area (Å²) in [5.74, 6) is 0.853. The summed E-state index contributed by atoms with van der Waals surface area (Å²) >= 11 is 0. The first kappa shape index (κ1) is 12.0. The third-order valence-corrected chi connectivity index (χ3v) is 3.48. The van der Waals surface area contributed by atoms with Crippen LogP contribution >= 0.6 is 0 Å². The van der Waals surface area contributed by atoms with Crippen LogP contribution in [0, 0.1) is 11.3 Å². The Hall–Kier alpha value is -0.110. The highest BCUT2D eigenvalue weighted by Gasteiger charge is 2.29. The van der Waals surface area contributed by atoms with E-state index in [1.807, 2.05) is 0 Å². The highest BCUT2D eigenvalue weighted by molar-refractivity contribution is 4.83. The fraction of sp³-hybridized carbons (Fsp3) is 1.00. The van der Waals surface area contributed by atoms with Gasteiger partial charge in [-0.15, -0.1) is 0 Å². The quantitative estimate of drug-likeness (QED) is 0.739. The van der Waals surface area contributed by atoms with Gasteiger partial charge in [-0.05, 0) is 37.0 Å². The van der Waals surface area contributed by atoms with Gasteiger partial charge in [-0.25, -0.2) is 4.39 Å². The van der Waals surface area contributed by atoms with Gasteiger partial charge in [-0.1, -0.05) is 20.8 Å². The lowest BCUT2D eigenvalue weighted by Gasteiger charge is -2.37. The standard InChI is InChI=1S/C12H24FN/c1-12(2,3)10-4-6-11(7-5-10)14-9-8-13/h10-11,14H,4-9H2,1-3H3. The molecule has 1 aliphatic rings. The van der Waals surface area contributed by atoms with Gasteiger partial charge in [0.2, 0.25) is 0 Å². The second-order valence-electron chi connectivity index (χ2n) is 5.56. The predicted molar refractivity (Wildman–Crippen MR) is 59.2 cm³/mol. The predicted octanol–water partition coefficient (Wildman–Crippen LogP) is 3.15. The molecule has 0 heterocycles. The van der Waals surface area contributed by atoms with E-state index in [1.165, 1.54) is 25.7 Å². The topological polar surface area (TPSA) is 12.0 Å². The number of alkyl halides is 1. The van der Waals surface area contributed by atoms with Gasteiger partial charge >= 0.3 is 0 Å². The number of hydrogen-bond acceptors (Lipinski definition) is 1. The summed E-state index contributed by atoms with van der Waals surface area (Å²) in [5.41, 5.74) is 0.449. The molecular formula is C12H24FN. The zero-order valence-electron chi connectivity index (χ0n) is 9.78. The van der Waals surface area contributed by atoms with Gasteiger partial charge in [0, 0.05) is 12.6 Å². The van der Waals surface area contributed by atoms with Crippen LogP contribution in [0.4, 0.5) is 4.39 Å². The molecule has 14 heavy (non-hydrogen) atoms. The summed E-state index contributed by atoms with van der Waals surface area (Å²) in [4.78, 5) is 0. The number of nitrogens with one attached hydrogen (secondary N) is 1. The molecule has 0 atom stereocenters. The molecule has 0 radical (unpaired) electrons. The van der Waals surface area contributed by atoms with E-state index in [9.17, 15) is 4.39 Å². The van der Waals surface area contributed by atoms with Gasteiger partial charge in [0.15, 0.2) is 0 Å². The summed E-state index contributed by atoms with van der Waals surface area (Å²) in [5, 5.41) is 3.27. The van der Waals surface area contributed by atoms with Crippen LogP contribution in [-0.2, 0) is 0 Å². The maximum atomic E-state index is 12.0. The molecule has 1 nitrogen and oxygen atoms in total. The van der Waals surface area contributed by atoms with E-state index >= 15 is 0 Å². The Balaban J connectivity index is 2.24. The molecule has 1 saturated carbocycles. The van der Waals surface area contributed by atoms with Gasteiger partial charge in [-0.2, -0.15) is 0 Å². The largest absolute Gasteiger partial charge is 0.311 e. The first-order chi connectivity index (χ1) is 6.54. The van der Waals surface area contributed by atoms with Crippen molar-refractivity contribution in [3.63, 3.8) is 0 Å². The lowest BCUT2D eigenvalue weighted by atomic mass is 9.71. The number of hydrogen-bond donors (Lipinski definition) is 1. The lowest BCUT2D eigenvalue weighted by Crippen LogP contribution is -2.37. The molecule has 1 fully saturated rings. The molecule has 1 N–H and O–H groups in total. The molecule has 0 saturated heterocycles. The van der Waals surface area contributed by atoms with Gasteiger partial charge in [0.1, 0.15) is 6.67 Å². The monoisotopic (exact) mass is 201 g/mol. The van der Waals surface area contributed by atoms with Crippen LogP contribution in [0.25, 0.3) is 0 Å². The smallest absolute Gasteiger partial charge is 0.102 e. The molecular weight excluding hydrogens is 177 g/mol. The van der Waals surface area contributed by atoms with Crippen molar-refractivity contribution < 1.29 is 4.39 Å². The van der Waals surface area contributed by atoms with Crippen LogP contribution in [0.1, 0.15) is 46.5 Å². The number of halogens is 1. The van der Waals surface area contributed by atoms with Gasteiger partial charge < -0.3 is 5.32 Å². The molecule has 0 bridgehead atoms. The Kier molecular flexibility index (Phi) is 4.36. The van der Waals surface area contributed by atoms with Crippen LogP contribution in [0.2, 0.25) is 0 Å². The van der Waals surface area contributed by atoms with E-state index in [1.54, 1.807) is 0 Å². The molecule has 0 aromatic heterocycles. The molecule has 1 rings (SSSR count). The Morgan fingerprint density at radius 2 is 1.71 bits per heavy atom. The fourth-order valence-corrected chi connectivity index (χ4v) is 2.42. The fourth-order valence-electron chi connectivity index (χ4n) is 2.42. The second kappa shape index (κ2) is 5.11. The summed E-state index contributed by atoms with van der Waals surface area (Å²) < 4.78 is 12.0. The van der Waals surface area contributed by atoms with Crippen LogP contribution < -0.4 is 5.32 Å². The van der Waals surface area contributed by atoms with E-state index in [0.29, 0.717) is 18.0 Å². The summed E-state index contributed by atoms with van der Waals surface area (Å²) in [7, 11) is 0. The normalized spacial score (nSPS) is 29.1. The maximum absolute atomic E-state index is 12.0. The van der Waals surface area contributed by atoms with Crippen molar-refractivity contribution in [2.24, 2.45) is 11.3 Å². The Morgan fingerprint density at radius 3 is 2.14 bits per heavy atom. The average molecular weight is 201 g/mol. The van der Waals surface area contributed by atoms with Crippen LogP contribution in [0.3, 0.4) is 0 Å². The molecule has 1 aliphatic carbocycles. The first-order valence-electron chi connectivity index (χ1n) is 5.83. The number of rotatable bonds is 3. The van der Waals surface area contributed by atoms with Crippen molar-refractivity contribution in [1.82, 2.24) is 5.32 Å². The minimum absolute atomic E-state index is 0.237. The first-order valence-corrected chi connectivity index (χ1v) is 5.83. The van der Waals surface area contributed by atoms with Crippen LogP contribution in [-0.4, -0.2) is 19.3 Å². The van der Waals surface area contributed by atoms with Crippen molar-refractivity contribution >= 4 is 0 Å². The van der Waals surface area contributed by atoms with E-state index < -0.39 is 0 Å². The SMILES string of the molecule is CC(C)(C)C1CCC(NCCF)CC1. The molecule has 0 amide bonds. The molecule has 0 unspecified atom stereocenters. The highest BCUT2D eigenvalue weighted by Crippen LogP contribution is 2.37. The van der Waals surface area contributed by atoms with Gasteiger partial charge in [-0.3, -0.25) is 0 Å². The second-order valence-corrected chi connectivity index (χ2v) is 5.56. The molecule has 0 aliphatic heterocycles.